The van der Waals surface area contributed by atoms with Gasteiger partial charge in [-0.3, -0.25) is 4.79 Å². The predicted octanol–water partition coefficient (Wildman–Crippen LogP) is 2.75. The summed E-state index contributed by atoms with van der Waals surface area (Å²) >= 11 is 3.28. The van der Waals surface area contributed by atoms with Crippen molar-refractivity contribution in [3.8, 4) is 0 Å². The standard InChI is InChI=1S/C15H19BrFNO2/c1-18(9-10-3-2-4-14(10)19)15(20)8-11-7-12(16)5-6-13(11)17/h5-7,10,14,19H,2-4,8-9H2,1H3/t10-,14-/m0/s1. The van der Waals surface area contributed by atoms with E-state index in [9.17, 15) is 14.3 Å². The Balaban J connectivity index is 1.95. The number of hydrogen-bond acceptors (Lipinski definition) is 2. The minimum absolute atomic E-state index is 0.0462. The number of benzene rings is 1. The summed E-state index contributed by atoms with van der Waals surface area (Å²) in [7, 11) is 1.71. The number of nitrogens with zero attached hydrogens (tertiary/aromatic N) is 1. The van der Waals surface area contributed by atoms with Gasteiger partial charge in [0.15, 0.2) is 0 Å². The fourth-order valence-electron chi connectivity index (χ4n) is 2.66. The van der Waals surface area contributed by atoms with Gasteiger partial charge in [0.05, 0.1) is 12.5 Å². The Morgan fingerprint density at radius 3 is 2.90 bits per heavy atom. The van der Waals surface area contributed by atoms with Gasteiger partial charge >= 0.3 is 0 Å². The van der Waals surface area contributed by atoms with Crippen LogP contribution in [0.5, 0.6) is 0 Å². The molecule has 1 N–H and O–H groups in total. The lowest BCUT2D eigenvalue weighted by Crippen LogP contribution is -2.35. The van der Waals surface area contributed by atoms with E-state index in [0.717, 1.165) is 23.7 Å². The highest BCUT2D eigenvalue weighted by molar-refractivity contribution is 9.10. The van der Waals surface area contributed by atoms with E-state index in [2.05, 4.69) is 15.9 Å². The fraction of sp³-hybridized carbons (Fsp3) is 0.533. The summed E-state index contributed by atoms with van der Waals surface area (Å²) in [6.07, 6.45) is 2.50. The van der Waals surface area contributed by atoms with Crippen LogP contribution in [0.1, 0.15) is 24.8 Å². The Morgan fingerprint density at radius 1 is 1.50 bits per heavy atom. The highest BCUT2D eigenvalue weighted by Gasteiger charge is 2.27. The molecular formula is C15H19BrFNO2. The van der Waals surface area contributed by atoms with Gasteiger partial charge in [-0.2, -0.15) is 0 Å². The number of rotatable bonds is 4. The molecule has 1 aliphatic rings. The average molecular weight is 344 g/mol. The second-order valence-corrected chi connectivity index (χ2v) is 6.36. The van der Waals surface area contributed by atoms with Crippen LogP contribution < -0.4 is 0 Å². The lowest BCUT2D eigenvalue weighted by molar-refractivity contribution is -0.130. The molecule has 0 aromatic heterocycles. The molecule has 1 aliphatic carbocycles. The van der Waals surface area contributed by atoms with Crippen molar-refractivity contribution in [2.24, 2.45) is 5.92 Å². The smallest absolute Gasteiger partial charge is 0.226 e. The van der Waals surface area contributed by atoms with Crippen LogP contribution in [-0.2, 0) is 11.2 Å². The lowest BCUT2D eigenvalue weighted by atomic mass is 10.0. The van der Waals surface area contributed by atoms with Crippen LogP contribution in [0.25, 0.3) is 0 Å². The number of halogens is 2. The van der Waals surface area contributed by atoms with Gasteiger partial charge in [-0.1, -0.05) is 22.4 Å². The van der Waals surface area contributed by atoms with Gasteiger partial charge < -0.3 is 10.0 Å². The zero-order valence-corrected chi connectivity index (χ0v) is 13.1. The number of carbonyl (C=O) groups is 1. The molecule has 20 heavy (non-hydrogen) atoms. The van der Waals surface area contributed by atoms with Gasteiger partial charge in [-0.25, -0.2) is 4.39 Å². The van der Waals surface area contributed by atoms with Crippen LogP contribution in [0.4, 0.5) is 4.39 Å². The molecule has 2 rings (SSSR count). The van der Waals surface area contributed by atoms with E-state index in [1.54, 1.807) is 24.1 Å². The van der Waals surface area contributed by atoms with E-state index in [-0.39, 0.29) is 30.2 Å². The van der Waals surface area contributed by atoms with E-state index in [1.807, 2.05) is 0 Å². The Bertz CT molecular complexity index is 495. The first kappa shape index (κ1) is 15.4. The molecule has 2 atom stereocenters. The van der Waals surface area contributed by atoms with Crippen molar-refractivity contribution in [3.63, 3.8) is 0 Å². The third kappa shape index (κ3) is 3.79. The normalized spacial score (nSPS) is 22.0. The number of aliphatic hydroxyl groups is 1. The van der Waals surface area contributed by atoms with Crippen LogP contribution in [0.15, 0.2) is 22.7 Å². The van der Waals surface area contributed by atoms with E-state index >= 15 is 0 Å². The van der Waals surface area contributed by atoms with Crippen molar-refractivity contribution in [2.45, 2.75) is 31.8 Å². The topological polar surface area (TPSA) is 40.5 Å². The molecule has 1 aromatic rings. The zero-order valence-electron chi connectivity index (χ0n) is 11.5. The second kappa shape index (κ2) is 6.68. The van der Waals surface area contributed by atoms with E-state index in [4.69, 9.17) is 0 Å². The van der Waals surface area contributed by atoms with Gasteiger partial charge in [0.25, 0.3) is 0 Å². The first-order chi connectivity index (χ1) is 9.47. The largest absolute Gasteiger partial charge is 0.393 e. The fourth-order valence-corrected chi connectivity index (χ4v) is 3.07. The number of likely N-dealkylation sites (N-methyl/N-ethyl adjacent to an activating group) is 1. The summed E-state index contributed by atoms with van der Waals surface area (Å²) in [4.78, 5) is 13.7. The summed E-state index contributed by atoms with van der Waals surface area (Å²) in [6.45, 7) is 0.537. The van der Waals surface area contributed by atoms with Gasteiger partial charge in [0, 0.05) is 24.0 Å². The minimum Gasteiger partial charge on any atom is -0.393 e. The summed E-state index contributed by atoms with van der Waals surface area (Å²) in [5.41, 5.74) is 0.392. The number of hydrogen-bond donors (Lipinski definition) is 1. The molecule has 0 aliphatic heterocycles. The first-order valence-electron chi connectivity index (χ1n) is 6.83. The van der Waals surface area contributed by atoms with Crippen molar-refractivity contribution >= 4 is 21.8 Å². The van der Waals surface area contributed by atoms with Gasteiger partial charge in [0.2, 0.25) is 5.91 Å². The van der Waals surface area contributed by atoms with Crippen molar-refractivity contribution in [1.82, 2.24) is 4.90 Å². The molecule has 1 fully saturated rings. The average Bonchev–Trinajstić information content (AvgIpc) is 2.79. The molecule has 0 unspecified atom stereocenters. The summed E-state index contributed by atoms with van der Waals surface area (Å²) in [5.74, 6) is -0.340. The maximum absolute atomic E-state index is 13.6. The lowest BCUT2D eigenvalue weighted by Gasteiger charge is -2.23. The van der Waals surface area contributed by atoms with E-state index < -0.39 is 0 Å². The molecule has 0 bridgehead atoms. The molecule has 0 spiro atoms. The number of aliphatic hydroxyl groups excluding tert-OH is 1. The summed E-state index contributed by atoms with van der Waals surface area (Å²) in [6, 6.07) is 4.60. The van der Waals surface area contributed by atoms with Crippen LogP contribution in [0, 0.1) is 11.7 Å². The Hall–Kier alpha value is -0.940. The molecule has 110 valence electrons. The Morgan fingerprint density at radius 2 is 2.25 bits per heavy atom. The van der Waals surface area contributed by atoms with E-state index in [1.165, 1.54) is 6.07 Å². The second-order valence-electron chi connectivity index (χ2n) is 5.45. The monoisotopic (exact) mass is 343 g/mol. The van der Waals surface area contributed by atoms with Crippen LogP contribution in [0.3, 0.4) is 0 Å². The molecule has 1 aromatic carbocycles. The highest BCUT2D eigenvalue weighted by Crippen LogP contribution is 2.26. The maximum atomic E-state index is 13.6. The molecule has 1 amide bonds. The highest BCUT2D eigenvalue weighted by atomic mass is 79.9. The van der Waals surface area contributed by atoms with Crippen molar-refractivity contribution in [3.05, 3.63) is 34.1 Å². The first-order valence-corrected chi connectivity index (χ1v) is 7.62. The van der Waals surface area contributed by atoms with Gasteiger partial charge in [-0.15, -0.1) is 0 Å². The SMILES string of the molecule is CN(C[C@@H]1CCC[C@@H]1O)C(=O)Cc1cc(Br)ccc1F. The van der Waals surface area contributed by atoms with Crippen molar-refractivity contribution < 1.29 is 14.3 Å². The predicted molar refractivity (Wildman–Crippen MR) is 78.8 cm³/mol. The maximum Gasteiger partial charge on any atom is 0.226 e. The Labute approximate surface area is 126 Å². The van der Waals surface area contributed by atoms with Gasteiger partial charge in [-0.05, 0) is 36.6 Å². The third-order valence-electron chi connectivity index (χ3n) is 3.90. The molecule has 0 saturated heterocycles. The van der Waals surface area contributed by atoms with Crippen molar-refractivity contribution in [1.29, 1.82) is 0 Å². The number of carbonyl (C=O) groups excluding carboxylic acids is 1. The Kier molecular flexibility index (Phi) is 5.16. The quantitative estimate of drug-likeness (QED) is 0.913. The molecule has 5 heteroatoms. The molecular weight excluding hydrogens is 325 g/mol. The number of amides is 1. The molecule has 0 radical (unpaired) electrons. The van der Waals surface area contributed by atoms with Crippen LogP contribution >= 0.6 is 15.9 Å². The van der Waals surface area contributed by atoms with Crippen molar-refractivity contribution in [2.75, 3.05) is 13.6 Å². The molecule has 1 saturated carbocycles. The minimum atomic E-state index is -0.365. The van der Waals surface area contributed by atoms with Gasteiger partial charge in [0.1, 0.15) is 5.82 Å². The van der Waals surface area contributed by atoms with Crippen LogP contribution in [-0.4, -0.2) is 35.6 Å². The zero-order chi connectivity index (χ0) is 14.7. The molecule has 3 nitrogen and oxygen atoms in total. The summed E-state index contributed by atoms with van der Waals surface area (Å²) in [5, 5.41) is 9.79. The summed E-state index contributed by atoms with van der Waals surface area (Å²) < 4.78 is 14.4. The molecule has 0 heterocycles. The van der Waals surface area contributed by atoms with E-state index in [0.29, 0.717) is 12.1 Å². The third-order valence-corrected chi connectivity index (χ3v) is 4.40. The van der Waals surface area contributed by atoms with Crippen LogP contribution in [0.2, 0.25) is 0 Å².